The molecule has 0 aliphatic carbocycles. The molecule has 7 heteroatoms. The van der Waals surface area contributed by atoms with Gasteiger partial charge in [-0.05, 0) is 30.7 Å². The minimum absolute atomic E-state index is 0.0140. The lowest BCUT2D eigenvalue weighted by atomic mass is 10.1. The molecular formula is C21H20ClFN4O. The van der Waals surface area contributed by atoms with E-state index in [4.69, 9.17) is 16.3 Å². The summed E-state index contributed by atoms with van der Waals surface area (Å²) in [5.74, 6) is -0.167. The zero-order valence-electron chi connectivity index (χ0n) is 15.4. The molecule has 0 spiro atoms. The lowest BCUT2D eigenvalue weighted by Crippen LogP contribution is -2.22. The van der Waals surface area contributed by atoms with Crippen LogP contribution >= 0.6 is 11.6 Å². The van der Waals surface area contributed by atoms with Gasteiger partial charge < -0.3 is 15.0 Å². The van der Waals surface area contributed by atoms with E-state index in [1.54, 1.807) is 18.3 Å². The largest absolute Gasteiger partial charge is 0.494 e. The molecule has 28 heavy (non-hydrogen) atoms. The monoisotopic (exact) mass is 398 g/mol. The molecule has 2 N–H and O–H groups in total. The van der Waals surface area contributed by atoms with Crippen molar-refractivity contribution in [3.05, 3.63) is 71.9 Å². The van der Waals surface area contributed by atoms with Gasteiger partial charge in [-0.25, -0.2) is 4.39 Å². The van der Waals surface area contributed by atoms with Gasteiger partial charge in [0.2, 0.25) is 0 Å². The van der Waals surface area contributed by atoms with Crippen LogP contribution < -0.4 is 15.0 Å². The van der Waals surface area contributed by atoms with Crippen molar-refractivity contribution < 1.29 is 9.13 Å². The third-order valence-electron chi connectivity index (χ3n) is 4.96. The lowest BCUT2D eigenvalue weighted by Gasteiger charge is -2.23. The summed E-state index contributed by atoms with van der Waals surface area (Å²) in [4.78, 5) is 2.13. The molecule has 2 aromatic carbocycles. The number of aromatic amines is 1. The first-order valence-electron chi connectivity index (χ1n) is 8.92. The highest BCUT2D eigenvalue weighted by molar-refractivity contribution is 6.33. The second-order valence-electron chi connectivity index (χ2n) is 6.63. The summed E-state index contributed by atoms with van der Waals surface area (Å²) in [6, 6.07) is 10.8. The maximum Gasteiger partial charge on any atom is 0.167 e. The topological polar surface area (TPSA) is 53.2 Å². The molecule has 3 aromatic rings. The van der Waals surface area contributed by atoms with E-state index in [0.717, 1.165) is 35.5 Å². The summed E-state index contributed by atoms with van der Waals surface area (Å²) in [5, 5.41) is 10.8. The van der Waals surface area contributed by atoms with Gasteiger partial charge >= 0.3 is 0 Å². The normalized spacial score (nSPS) is 16.5. The van der Waals surface area contributed by atoms with Crippen LogP contribution in [0.15, 0.2) is 61.1 Å². The van der Waals surface area contributed by atoms with E-state index in [-0.39, 0.29) is 11.8 Å². The molecule has 5 nitrogen and oxygen atoms in total. The van der Waals surface area contributed by atoms with Crippen LogP contribution in [-0.4, -0.2) is 29.9 Å². The number of hydrogen-bond acceptors (Lipinski definition) is 4. The molecule has 0 saturated carbocycles. The van der Waals surface area contributed by atoms with Crippen molar-refractivity contribution >= 4 is 23.0 Å². The minimum Gasteiger partial charge on any atom is -0.494 e. The van der Waals surface area contributed by atoms with Gasteiger partial charge in [0, 0.05) is 47.0 Å². The first-order chi connectivity index (χ1) is 13.6. The molecule has 1 atom stereocenters. The summed E-state index contributed by atoms with van der Waals surface area (Å²) >= 11 is 6.49. The van der Waals surface area contributed by atoms with Crippen LogP contribution in [0.25, 0.3) is 11.1 Å². The van der Waals surface area contributed by atoms with Crippen LogP contribution in [0.3, 0.4) is 0 Å². The van der Waals surface area contributed by atoms with E-state index in [0.29, 0.717) is 10.7 Å². The lowest BCUT2D eigenvalue weighted by molar-refractivity contribution is 0.386. The maximum absolute atomic E-state index is 13.9. The van der Waals surface area contributed by atoms with Crippen molar-refractivity contribution in [2.75, 3.05) is 23.9 Å². The van der Waals surface area contributed by atoms with Gasteiger partial charge in [0.1, 0.15) is 0 Å². The zero-order chi connectivity index (χ0) is 19.7. The number of H-pyrrole nitrogens is 1. The van der Waals surface area contributed by atoms with E-state index in [1.807, 2.05) is 24.4 Å². The molecule has 1 aromatic heterocycles. The average molecular weight is 399 g/mol. The minimum atomic E-state index is -0.394. The van der Waals surface area contributed by atoms with Gasteiger partial charge in [-0.3, -0.25) is 5.10 Å². The van der Waals surface area contributed by atoms with Gasteiger partial charge in [-0.15, -0.1) is 0 Å². The standard InChI is InChI=1S/C21H20ClFN4O/c1-13-20(26-15-3-6-21(28-2)19(23)9-15)7-8-27(13)16-4-5-17(18(22)10-16)14-11-24-25-12-14/h3-6,9-12,20,26H,1,7-8H2,2H3,(H,24,25). The van der Waals surface area contributed by atoms with E-state index in [9.17, 15) is 4.39 Å². The predicted molar refractivity (Wildman–Crippen MR) is 110 cm³/mol. The third kappa shape index (κ3) is 3.43. The fourth-order valence-electron chi connectivity index (χ4n) is 3.47. The van der Waals surface area contributed by atoms with Gasteiger partial charge in [-0.2, -0.15) is 5.10 Å². The van der Waals surface area contributed by atoms with Crippen LogP contribution in [0.2, 0.25) is 5.02 Å². The Morgan fingerprint density at radius 1 is 1.32 bits per heavy atom. The van der Waals surface area contributed by atoms with Crippen molar-refractivity contribution in [2.24, 2.45) is 0 Å². The smallest absolute Gasteiger partial charge is 0.167 e. The fraction of sp³-hybridized carbons (Fsp3) is 0.190. The summed E-state index contributed by atoms with van der Waals surface area (Å²) < 4.78 is 18.9. The maximum atomic E-state index is 13.9. The fourth-order valence-corrected chi connectivity index (χ4v) is 3.75. The summed E-state index contributed by atoms with van der Waals surface area (Å²) in [7, 11) is 1.45. The zero-order valence-corrected chi connectivity index (χ0v) is 16.1. The number of rotatable bonds is 5. The molecule has 1 saturated heterocycles. The number of hydrogen-bond donors (Lipinski definition) is 2. The Hall–Kier alpha value is -2.99. The van der Waals surface area contributed by atoms with Crippen molar-refractivity contribution in [3.63, 3.8) is 0 Å². The Morgan fingerprint density at radius 2 is 2.18 bits per heavy atom. The molecule has 1 unspecified atom stereocenters. The average Bonchev–Trinajstić information content (AvgIpc) is 3.33. The van der Waals surface area contributed by atoms with Crippen molar-refractivity contribution in [3.8, 4) is 16.9 Å². The molecule has 4 rings (SSSR count). The molecule has 2 heterocycles. The Bertz CT molecular complexity index is 1010. The molecule has 1 aliphatic heterocycles. The Morgan fingerprint density at radius 3 is 2.86 bits per heavy atom. The summed E-state index contributed by atoms with van der Waals surface area (Å²) in [5.41, 5.74) is 4.46. The first kappa shape index (κ1) is 18.4. The second kappa shape index (κ2) is 7.56. The molecule has 1 aliphatic rings. The number of aromatic nitrogens is 2. The Labute approximate surface area is 167 Å². The van der Waals surface area contributed by atoms with Gasteiger partial charge in [-0.1, -0.05) is 24.2 Å². The van der Waals surface area contributed by atoms with E-state index in [1.165, 1.54) is 13.2 Å². The van der Waals surface area contributed by atoms with E-state index in [2.05, 4.69) is 27.0 Å². The molecule has 0 bridgehead atoms. The third-order valence-corrected chi connectivity index (χ3v) is 5.27. The predicted octanol–water partition coefficient (Wildman–Crippen LogP) is 5.08. The number of nitrogens with one attached hydrogen (secondary N) is 2. The highest BCUT2D eigenvalue weighted by Crippen LogP contribution is 2.35. The van der Waals surface area contributed by atoms with Gasteiger partial charge in [0.25, 0.3) is 0 Å². The second-order valence-corrected chi connectivity index (χ2v) is 7.04. The van der Waals surface area contributed by atoms with Crippen LogP contribution in [0, 0.1) is 5.82 Å². The number of ether oxygens (including phenoxy) is 1. The summed E-state index contributed by atoms with van der Waals surface area (Å²) in [6.45, 7) is 5.04. The first-order valence-corrected chi connectivity index (χ1v) is 9.29. The van der Waals surface area contributed by atoms with Gasteiger partial charge in [0.05, 0.1) is 24.4 Å². The van der Waals surface area contributed by atoms with Crippen LogP contribution in [0.5, 0.6) is 5.75 Å². The van der Waals surface area contributed by atoms with Gasteiger partial charge in [0.15, 0.2) is 11.6 Å². The van der Waals surface area contributed by atoms with Crippen molar-refractivity contribution in [1.29, 1.82) is 0 Å². The molecule has 0 radical (unpaired) electrons. The quantitative estimate of drug-likeness (QED) is 0.629. The van der Waals surface area contributed by atoms with E-state index >= 15 is 0 Å². The van der Waals surface area contributed by atoms with Crippen molar-refractivity contribution in [2.45, 2.75) is 12.5 Å². The van der Waals surface area contributed by atoms with E-state index < -0.39 is 5.82 Å². The Kier molecular flexibility index (Phi) is 4.96. The Balaban J connectivity index is 1.50. The number of anilines is 2. The molecule has 144 valence electrons. The highest BCUT2D eigenvalue weighted by atomic mass is 35.5. The molecular weight excluding hydrogens is 379 g/mol. The number of nitrogens with zero attached hydrogens (tertiary/aromatic N) is 2. The molecule has 1 fully saturated rings. The van der Waals surface area contributed by atoms with Crippen molar-refractivity contribution in [1.82, 2.24) is 10.2 Å². The van der Waals surface area contributed by atoms with Crippen LogP contribution in [0.1, 0.15) is 6.42 Å². The van der Waals surface area contributed by atoms with Crippen LogP contribution in [0.4, 0.5) is 15.8 Å². The molecule has 0 amide bonds. The number of benzene rings is 2. The number of halogens is 2. The summed E-state index contributed by atoms with van der Waals surface area (Å²) in [6.07, 6.45) is 4.40. The number of methoxy groups -OCH3 is 1. The SMILES string of the molecule is C=C1C(Nc2ccc(OC)c(F)c2)CCN1c1ccc(-c2cn[nH]c2)c(Cl)c1. The highest BCUT2D eigenvalue weighted by Gasteiger charge is 2.27. The van der Waals surface area contributed by atoms with Crippen LogP contribution in [-0.2, 0) is 0 Å².